The first-order valence-electron chi connectivity index (χ1n) is 11.5. The quantitative estimate of drug-likeness (QED) is 0.205. The van der Waals surface area contributed by atoms with Gasteiger partial charge in [-0.2, -0.15) is 0 Å². The molecule has 1 atom stereocenters. The molecule has 4 nitrogen and oxygen atoms in total. The number of rotatable bonds is 20. The van der Waals surface area contributed by atoms with Crippen LogP contribution in [0, 0.1) is 0 Å². The molecule has 0 aliphatic heterocycles. The van der Waals surface area contributed by atoms with Crippen molar-refractivity contribution >= 4 is 5.97 Å². The van der Waals surface area contributed by atoms with Gasteiger partial charge >= 0.3 is 5.97 Å². The van der Waals surface area contributed by atoms with Crippen LogP contribution in [0.5, 0.6) is 0 Å². The van der Waals surface area contributed by atoms with E-state index in [1.54, 1.807) is 0 Å². The monoisotopic (exact) mass is 386 g/mol. The Labute approximate surface area is 169 Å². The summed E-state index contributed by atoms with van der Waals surface area (Å²) in [4.78, 5) is 11.0. The van der Waals surface area contributed by atoms with Crippen molar-refractivity contribution < 1.29 is 19.1 Å². The molecule has 0 radical (unpaired) electrons. The van der Waals surface area contributed by atoms with Gasteiger partial charge in [0, 0.05) is 6.61 Å². The maximum absolute atomic E-state index is 11.0. The number of hydrogen-bond acceptors (Lipinski definition) is 2. The number of nitrogens with zero attached hydrogens (tertiary/aromatic N) is 1. The minimum Gasteiger partial charge on any atom is -0.481 e. The van der Waals surface area contributed by atoms with Crippen molar-refractivity contribution in [1.82, 2.24) is 0 Å². The summed E-state index contributed by atoms with van der Waals surface area (Å²) in [6.07, 6.45) is 18.8. The van der Waals surface area contributed by atoms with Crippen molar-refractivity contribution in [2.75, 3.05) is 34.3 Å². The van der Waals surface area contributed by atoms with Gasteiger partial charge in [0.05, 0.1) is 27.6 Å². The Morgan fingerprint density at radius 2 is 1.19 bits per heavy atom. The van der Waals surface area contributed by atoms with E-state index in [4.69, 9.17) is 9.84 Å². The van der Waals surface area contributed by atoms with Gasteiger partial charge in [-0.05, 0) is 6.42 Å². The van der Waals surface area contributed by atoms with E-state index in [1.807, 2.05) is 0 Å². The van der Waals surface area contributed by atoms with E-state index in [0.717, 1.165) is 17.4 Å². The van der Waals surface area contributed by atoms with Gasteiger partial charge < -0.3 is 14.3 Å². The summed E-state index contributed by atoms with van der Waals surface area (Å²) in [7, 11) is 6.22. The SMILES string of the molecule is CCCCCCCCCCCCCCCCOC(CC(=O)O)C[N+](C)(C)C. The van der Waals surface area contributed by atoms with Gasteiger partial charge in [0.15, 0.2) is 0 Å². The fourth-order valence-electron chi connectivity index (χ4n) is 3.53. The van der Waals surface area contributed by atoms with Crippen LogP contribution in [0.3, 0.4) is 0 Å². The third-order valence-electron chi connectivity index (χ3n) is 5.01. The van der Waals surface area contributed by atoms with Crippen LogP contribution < -0.4 is 0 Å². The molecule has 0 spiro atoms. The lowest BCUT2D eigenvalue weighted by Gasteiger charge is -2.28. The Kier molecular flexibility index (Phi) is 17.1. The molecule has 0 aliphatic carbocycles. The molecule has 0 rings (SSSR count). The van der Waals surface area contributed by atoms with Gasteiger partial charge in [-0.3, -0.25) is 4.79 Å². The summed E-state index contributed by atoms with van der Waals surface area (Å²) in [6.45, 7) is 3.70. The average molecular weight is 387 g/mol. The van der Waals surface area contributed by atoms with Crippen LogP contribution in [0.15, 0.2) is 0 Å². The summed E-state index contributed by atoms with van der Waals surface area (Å²) < 4.78 is 6.57. The molecule has 162 valence electrons. The number of likely N-dealkylation sites (N-methyl/N-ethyl adjacent to an activating group) is 1. The second kappa shape index (κ2) is 17.5. The van der Waals surface area contributed by atoms with E-state index in [0.29, 0.717) is 6.61 Å². The van der Waals surface area contributed by atoms with Crippen molar-refractivity contribution in [2.24, 2.45) is 0 Å². The van der Waals surface area contributed by atoms with Crippen molar-refractivity contribution in [3.05, 3.63) is 0 Å². The highest BCUT2D eigenvalue weighted by atomic mass is 16.5. The summed E-state index contributed by atoms with van der Waals surface area (Å²) in [5, 5.41) is 9.02. The average Bonchev–Trinajstić information content (AvgIpc) is 2.56. The molecular weight excluding hydrogens is 338 g/mol. The van der Waals surface area contributed by atoms with Crippen LogP contribution in [0.2, 0.25) is 0 Å². The van der Waals surface area contributed by atoms with Crippen LogP contribution in [0.1, 0.15) is 103 Å². The third-order valence-corrected chi connectivity index (χ3v) is 5.01. The van der Waals surface area contributed by atoms with Gasteiger partial charge in [-0.1, -0.05) is 90.4 Å². The fraction of sp³-hybridized carbons (Fsp3) is 0.957. The number of hydrogen-bond donors (Lipinski definition) is 1. The Hall–Kier alpha value is -0.610. The molecule has 0 saturated carbocycles. The Bertz CT molecular complexity index is 339. The van der Waals surface area contributed by atoms with E-state index in [-0.39, 0.29) is 12.5 Å². The van der Waals surface area contributed by atoms with E-state index >= 15 is 0 Å². The summed E-state index contributed by atoms with van der Waals surface area (Å²) in [5.41, 5.74) is 0. The molecule has 0 aliphatic rings. The molecule has 0 aromatic carbocycles. The number of carboxylic acid groups (broad SMARTS) is 1. The topological polar surface area (TPSA) is 46.5 Å². The largest absolute Gasteiger partial charge is 0.481 e. The molecular formula is C23H48NO3+. The number of carboxylic acids is 1. The highest BCUT2D eigenvalue weighted by Crippen LogP contribution is 2.13. The van der Waals surface area contributed by atoms with E-state index in [9.17, 15) is 4.79 Å². The van der Waals surface area contributed by atoms with Crippen molar-refractivity contribution in [2.45, 2.75) is 109 Å². The molecule has 0 bridgehead atoms. The van der Waals surface area contributed by atoms with Crippen LogP contribution in [-0.2, 0) is 9.53 Å². The number of aliphatic carboxylic acids is 1. The van der Waals surface area contributed by atoms with E-state index in [2.05, 4.69) is 28.1 Å². The van der Waals surface area contributed by atoms with Gasteiger partial charge in [-0.15, -0.1) is 0 Å². The zero-order chi connectivity index (χ0) is 20.4. The molecule has 1 unspecified atom stereocenters. The zero-order valence-electron chi connectivity index (χ0n) is 18.8. The lowest BCUT2D eigenvalue weighted by molar-refractivity contribution is -0.873. The third kappa shape index (κ3) is 21.5. The molecule has 27 heavy (non-hydrogen) atoms. The summed E-state index contributed by atoms with van der Waals surface area (Å²) >= 11 is 0. The molecule has 0 heterocycles. The number of quaternary nitrogens is 1. The van der Waals surface area contributed by atoms with Crippen molar-refractivity contribution in [1.29, 1.82) is 0 Å². The first-order valence-corrected chi connectivity index (χ1v) is 11.5. The van der Waals surface area contributed by atoms with Gasteiger partial charge in [-0.25, -0.2) is 0 Å². The maximum atomic E-state index is 11.0. The first kappa shape index (κ1) is 26.4. The molecule has 0 aromatic rings. The number of carbonyl (C=O) groups is 1. The molecule has 1 N–H and O–H groups in total. The lowest BCUT2D eigenvalue weighted by Crippen LogP contribution is -2.43. The first-order chi connectivity index (χ1) is 12.8. The molecule has 0 fully saturated rings. The second-order valence-corrected chi connectivity index (χ2v) is 9.16. The van der Waals surface area contributed by atoms with Gasteiger partial charge in [0.2, 0.25) is 0 Å². The molecule has 0 saturated heterocycles. The van der Waals surface area contributed by atoms with Crippen molar-refractivity contribution in [3.63, 3.8) is 0 Å². The standard InChI is InChI=1S/C23H47NO3/c1-5-6-7-8-9-10-11-12-13-14-15-16-17-18-19-27-22(20-23(25)26)21-24(2,3)4/h22H,5-21H2,1-4H3/p+1. The summed E-state index contributed by atoms with van der Waals surface area (Å²) in [6, 6.07) is 0. The van der Waals surface area contributed by atoms with E-state index < -0.39 is 5.97 Å². The minimum absolute atomic E-state index is 0.105. The number of unbranched alkanes of at least 4 members (excludes halogenated alkanes) is 13. The van der Waals surface area contributed by atoms with Gasteiger partial charge in [0.1, 0.15) is 12.6 Å². The maximum Gasteiger partial charge on any atom is 0.306 e. The normalized spacial score (nSPS) is 13.0. The van der Waals surface area contributed by atoms with Crippen LogP contribution in [0.4, 0.5) is 0 Å². The minimum atomic E-state index is -0.769. The Morgan fingerprint density at radius 1 is 0.778 bits per heavy atom. The van der Waals surface area contributed by atoms with Crippen LogP contribution in [-0.4, -0.2) is 56.0 Å². The highest BCUT2D eigenvalue weighted by Gasteiger charge is 2.21. The fourth-order valence-corrected chi connectivity index (χ4v) is 3.53. The molecule has 4 heteroatoms. The van der Waals surface area contributed by atoms with Crippen LogP contribution >= 0.6 is 0 Å². The van der Waals surface area contributed by atoms with Crippen LogP contribution in [0.25, 0.3) is 0 Å². The summed E-state index contributed by atoms with van der Waals surface area (Å²) in [5.74, 6) is -0.769. The smallest absolute Gasteiger partial charge is 0.306 e. The Balaban J connectivity index is 3.43. The number of ether oxygens (including phenoxy) is 1. The predicted octanol–water partition coefficient (Wildman–Crippen LogP) is 6.03. The Morgan fingerprint density at radius 3 is 1.56 bits per heavy atom. The second-order valence-electron chi connectivity index (χ2n) is 9.16. The zero-order valence-corrected chi connectivity index (χ0v) is 18.8. The predicted molar refractivity (Wildman–Crippen MR) is 115 cm³/mol. The highest BCUT2D eigenvalue weighted by molar-refractivity contribution is 5.67. The van der Waals surface area contributed by atoms with E-state index in [1.165, 1.54) is 83.5 Å². The lowest BCUT2D eigenvalue weighted by atomic mass is 10.0. The van der Waals surface area contributed by atoms with Crippen molar-refractivity contribution in [3.8, 4) is 0 Å². The molecule has 0 amide bonds. The molecule has 0 aromatic heterocycles. The van der Waals surface area contributed by atoms with Gasteiger partial charge in [0.25, 0.3) is 0 Å².